The monoisotopic (exact) mass is 295 g/mol. The first-order valence-corrected chi connectivity index (χ1v) is 9.13. The summed E-state index contributed by atoms with van der Waals surface area (Å²) in [5.41, 5.74) is 1.32. The zero-order chi connectivity index (χ0) is 14.6. The summed E-state index contributed by atoms with van der Waals surface area (Å²) >= 11 is 1.90. The number of hydrogen-bond donors (Lipinski definition) is 1. The Labute approximate surface area is 128 Å². The molecule has 3 heteroatoms. The number of ether oxygens (including phenoxy) is 1. The number of unbranched alkanes of at least 4 members (excludes halogenated alkanes) is 2. The van der Waals surface area contributed by atoms with Crippen LogP contribution in [0.5, 0.6) is 5.75 Å². The highest BCUT2D eigenvalue weighted by molar-refractivity contribution is 7.98. The molecule has 0 spiro atoms. The third-order valence-electron chi connectivity index (χ3n) is 3.40. The van der Waals surface area contributed by atoms with Crippen molar-refractivity contribution in [2.24, 2.45) is 0 Å². The Bertz CT molecular complexity index is 339. The second-order valence-electron chi connectivity index (χ2n) is 5.14. The molecule has 0 aliphatic rings. The van der Waals surface area contributed by atoms with E-state index in [2.05, 4.69) is 49.7 Å². The predicted molar refractivity (Wildman–Crippen MR) is 90.8 cm³/mol. The highest BCUT2D eigenvalue weighted by Gasteiger charge is 2.04. The van der Waals surface area contributed by atoms with Gasteiger partial charge in [0.15, 0.2) is 0 Å². The van der Waals surface area contributed by atoms with Crippen molar-refractivity contribution in [3.8, 4) is 5.75 Å². The molecule has 0 saturated heterocycles. The van der Waals surface area contributed by atoms with Crippen molar-refractivity contribution in [1.29, 1.82) is 0 Å². The lowest BCUT2D eigenvalue weighted by atomic mass is 10.2. The van der Waals surface area contributed by atoms with E-state index in [9.17, 15) is 0 Å². The summed E-state index contributed by atoms with van der Waals surface area (Å²) in [6.45, 7) is 6.22. The maximum Gasteiger partial charge on any atom is 0.119 e. The third-order valence-corrected chi connectivity index (χ3v) is 4.13. The maximum atomic E-state index is 5.72. The Hall–Kier alpha value is -0.670. The van der Waals surface area contributed by atoms with Crippen LogP contribution in [-0.2, 0) is 6.54 Å². The Morgan fingerprint density at radius 2 is 1.90 bits per heavy atom. The van der Waals surface area contributed by atoms with E-state index in [1.54, 1.807) is 0 Å². The zero-order valence-electron chi connectivity index (χ0n) is 13.2. The molecule has 0 aliphatic carbocycles. The SMILES string of the molecule is CCCCCOc1ccc(CNC(CC)CSC)cc1. The van der Waals surface area contributed by atoms with Crippen LogP contribution in [0, 0.1) is 0 Å². The van der Waals surface area contributed by atoms with Crippen LogP contribution in [0.2, 0.25) is 0 Å². The lowest BCUT2D eigenvalue weighted by Gasteiger charge is -2.15. The number of thioether (sulfide) groups is 1. The summed E-state index contributed by atoms with van der Waals surface area (Å²) in [6, 6.07) is 9.09. The van der Waals surface area contributed by atoms with Crippen LogP contribution in [0.15, 0.2) is 24.3 Å². The van der Waals surface area contributed by atoms with E-state index in [4.69, 9.17) is 4.74 Å². The molecule has 2 nitrogen and oxygen atoms in total. The molecular weight excluding hydrogens is 266 g/mol. The predicted octanol–water partition coefficient (Wildman–Crippen LogP) is 4.49. The van der Waals surface area contributed by atoms with Gasteiger partial charge < -0.3 is 10.1 Å². The summed E-state index contributed by atoms with van der Waals surface area (Å²) < 4.78 is 5.72. The number of rotatable bonds is 11. The van der Waals surface area contributed by atoms with E-state index in [-0.39, 0.29) is 0 Å². The number of nitrogens with one attached hydrogen (secondary N) is 1. The van der Waals surface area contributed by atoms with Crippen LogP contribution >= 0.6 is 11.8 Å². The average Bonchev–Trinajstić information content (AvgIpc) is 2.49. The standard InChI is InChI=1S/C17H29NOS/c1-4-6-7-12-19-17-10-8-15(9-11-17)13-18-16(5-2)14-20-3/h8-11,16,18H,4-7,12-14H2,1-3H3. The topological polar surface area (TPSA) is 21.3 Å². The van der Waals surface area contributed by atoms with Crippen LogP contribution in [0.4, 0.5) is 0 Å². The maximum absolute atomic E-state index is 5.72. The Balaban J connectivity index is 2.30. The molecule has 1 unspecified atom stereocenters. The molecule has 0 radical (unpaired) electrons. The van der Waals surface area contributed by atoms with Crippen molar-refractivity contribution < 1.29 is 4.74 Å². The van der Waals surface area contributed by atoms with Gasteiger partial charge in [0, 0.05) is 18.3 Å². The molecule has 20 heavy (non-hydrogen) atoms. The zero-order valence-corrected chi connectivity index (χ0v) is 14.0. The van der Waals surface area contributed by atoms with Gasteiger partial charge in [-0.1, -0.05) is 38.8 Å². The lowest BCUT2D eigenvalue weighted by Crippen LogP contribution is -2.30. The van der Waals surface area contributed by atoms with E-state index in [1.807, 2.05) is 11.8 Å². The van der Waals surface area contributed by atoms with Crippen molar-refractivity contribution in [3.63, 3.8) is 0 Å². The fraction of sp³-hybridized carbons (Fsp3) is 0.647. The molecule has 1 aromatic carbocycles. The lowest BCUT2D eigenvalue weighted by molar-refractivity contribution is 0.306. The number of hydrogen-bond acceptors (Lipinski definition) is 3. The van der Waals surface area contributed by atoms with Gasteiger partial charge in [-0.2, -0.15) is 11.8 Å². The van der Waals surface area contributed by atoms with E-state index in [0.717, 1.165) is 25.3 Å². The second kappa shape index (κ2) is 11.0. The van der Waals surface area contributed by atoms with Gasteiger partial charge in [-0.15, -0.1) is 0 Å². The fourth-order valence-corrected chi connectivity index (χ4v) is 2.79. The van der Waals surface area contributed by atoms with Crippen molar-refractivity contribution in [1.82, 2.24) is 5.32 Å². The fourth-order valence-electron chi connectivity index (χ4n) is 2.03. The minimum Gasteiger partial charge on any atom is -0.494 e. The second-order valence-corrected chi connectivity index (χ2v) is 6.05. The van der Waals surface area contributed by atoms with Crippen molar-refractivity contribution in [2.45, 2.75) is 52.1 Å². The van der Waals surface area contributed by atoms with Crippen molar-refractivity contribution >= 4 is 11.8 Å². The molecule has 1 aromatic rings. The molecule has 0 fully saturated rings. The molecule has 0 heterocycles. The van der Waals surface area contributed by atoms with Crippen LogP contribution in [0.1, 0.15) is 45.1 Å². The Morgan fingerprint density at radius 3 is 2.50 bits per heavy atom. The van der Waals surface area contributed by atoms with Crippen LogP contribution < -0.4 is 10.1 Å². The summed E-state index contributed by atoms with van der Waals surface area (Å²) in [5, 5.41) is 3.60. The first-order valence-electron chi connectivity index (χ1n) is 7.74. The van der Waals surface area contributed by atoms with Crippen LogP contribution in [0.3, 0.4) is 0 Å². The molecule has 0 bridgehead atoms. The van der Waals surface area contributed by atoms with Gasteiger partial charge in [0.05, 0.1) is 6.61 Å². The van der Waals surface area contributed by atoms with Crippen molar-refractivity contribution in [3.05, 3.63) is 29.8 Å². The molecule has 1 N–H and O–H groups in total. The van der Waals surface area contributed by atoms with Gasteiger partial charge >= 0.3 is 0 Å². The molecule has 1 atom stereocenters. The highest BCUT2D eigenvalue weighted by atomic mass is 32.2. The van der Waals surface area contributed by atoms with Gasteiger partial charge in [0.25, 0.3) is 0 Å². The molecule has 0 aliphatic heterocycles. The van der Waals surface area contributed by atoms with Gasteiger partial charge in [0.2, 0.25) is 0 Å². The largest absolute Gasteiger partial charge is 0.494 e. The molecule has 0 saturated carbocycles. The molecule has 0 aromatic heterocycles. The van der Waals surface area contributed by atoms with Crippen LogP contribution in [-0.4, -0.2) is 24.7 Å². The Kier molecular flexibility index (Phi) is 9.60. The highest BCUT2D eigenvalue weighted by Crippen LogP contribution is 2.13. The normalized spacial score (nSPS) is 12.3. The van der Waals surface area contributed by atoms with E-state index >= 15 is 0 Å². The molecule has 0 amide bonds. The minimum atomic E-state index is 0.606. The quantitative estimate of drug-likeness (QED) is 0.608. The molecule has 1 rings (SSSR count). The number of benzene rings is 1. The van der Waals surface area contributed by atoms with Crippen LogP contribution in [0.25, 0.3) is 0 Å². The van der Waals surface area contributed by atoms with Crippen molar-refractivity contribution in [2.75, 3.05) is 18.6 Å². The van der Waals surface area contributed by atoms with E-state index in [0.29, 0.717) is 6.04 Å². The van der Waals surface area contributed by atoms with Gasteiger partial charge in [0.1, 0.15) is 5.75 Å². The van der Waals surface area contributed by atoms with E-state index < -0.39 is 0 Å². The minimum absolute atomic E-state index is 0.606. The van der Waals surface area contributed by atoms with E-state index in [1.165, 1.54) is 30.6 Å². The first kappa shape index (κ1) is 17.4. The average molecular weight is 295 g/mol. The third kappa shape index (κ3) is 7.20. The smallest absolute Gasteiger partial charge is 0.119 e. The van der Waals surface area contributed by atoms with Gasteiger partial charge in [-0.3, -0.25) is 0 Å². The summed E-state index contributed by atoms with van der Waals surface area (Å²) in [6.07, 6.45) is 6.97. The summed E-state index contributed by atoms with van der Waals surface area (Å²) in [5.74, 6) is 2.16. The Morgan fingerprint density at radius 1 is 1.15 bits per heavy atom. The van der Waals surface area contributed by atoms with Gasteiger partial charge in [-0.05, 0) is 36.8 Å². The molecular formula is C17H29NOS. The summed E-state index contributed by atoms with van der Waals surface area (Å²) in [4.78, 5) is 0. The molecule has 114 valence electrons. The summed E-state index contributed by atoms with van der Waals surface area (Å²) in [7, 11) is 0. The van der Waals surface area contributed by atoms with Gasteiger partial charge in [-0.25, -0.2) is 0 Å². The first-order chi connectivity index (χ1) is 9.80.